The number of likely N-dealkylation sites (tertiary alicyclic amines) is 1. The van der Waals surface area contributed by atoms with E-state index in [1.54, 1.807) is 4.90 Å². The molecule has 1 amide bonds. The van der Waals surface area contributed by atoms with Crippen LogP contribution in [-0.2, 0) is 54.9 Å². The van der Waals surface area contributed by atoms with Crippen molar-refractivity contribution in [2.45, 2.75) is 25.2 Å². The summed E-state index contributed by atoms with van der Waals surface area (Å²) in [4.78, 5) is 18.9. The molecule has 1 aliphatic heterocycles. The second-order valence-electron chi connectivity index (χ2n) is 6.95. The normalized spacial score (nSPS) is 13.8. The Hall–Kier alpha value is -1.82. The van der Waals surface area contributed by atoms with E-state index in [-0.39, 0.29) is 67.9 Å². The summed E-state index contributed by atoms with van der Waals surface area (Å²) in [7, 11) is -3.45. The molecule has 1 aromatic heterocycles. The van der Waals surface area contributed by atoms with Crippen LogP contribution in [0.25, 0.3) is 0 Å². The molecule has 7 nitrogen and oxygen atoms in total. The number of amides is 1. The molecule has 0 bridgehead atoms. The summed E-state index contributed by atoms with van der Waals surface area (Å²) in [6.07, 6.45) is 4.76. The van der Waals surface area contributed by atoms with E-state index < -0.39 is 15.6 Å². The second-order valence-corrected chi connectivity index (χ2v) is 9.09. The maximum atomic E-state index is 13.0. The number of sulfone groups is 1. The topological polar surface area (TPSA) is 100 Å². The van der Waals surface area contributed by atoms with Gasteiger partial charge in [-0.25, -0.2) is 13.4 Å². The quantitative estimate of drug-likeness (QED) is 0.564. The van der Waals surface area contributed by atoms with E-state index in [4.69, 9.17) is 4.74 Å². The van der Waals surface area contributed by atoms with Crippen LogP contribution >= 0.6 is 0 Å². The third-order valence-electron chi connectivity index (χ3n) is 4.53. The van der Waals surface area contributed by atoms with Gasteiger partial charge in [-0.2, -0.15) is 18.1 Å². The minimum Gasteiger partial charge on any atom is -0.472 e. The van der Waals surface area contributed by atoms with E-state index in [2.05, 4.69) is 11.4 Å². The van der Waals surface area contributed by atoms with Crippen molar-refractivity contribution in [3.05, 3.63) is 65.2 Å². The maximum absolute atomic E-state index is 13.0. The summed E-state index contributed by atoms with van der Waals surface area (Å²) >= 11 is 0. The van der Waals surface area contributed by atoms with Crippen LogP contribution in [0.1, 0.15) is 40.0 Å². The number of ether oxygens (including phenoxy) is 1. The molecule has 0 N–H and O–H groups in total. The van der Waals surface area contributed by atoms with Gasteiger partial charge in [0.05, 0.1) is 17.0 Å². The van der Waals surface area contributed by atoms with Gasteiger partial charge in [0.1, 0.15) is 18.2 Å². The molecule has 0 atom stereocenters. The van der Waals surface area contributed by atoms with Crippen molar-refractivity contribution < 1.29 is 50.7 Å². The molecule has 0 saturated carbocycles. The first-order valence-corrected chi connectivity index (χ1v) is 11.3. The Morgan fingerprint density at radius 2 is 1.93 bits per heavy atom. The number of hydrogen-bond donors (Lipinski definition) is 0. The van der Waals surface area contributed by atoms with Crippen LogP contribution in [0.4, 0.5) is 0 Å². The summed E-state index contributed by atoms with van der Waals surface area (Å²) < 4.78 is 29.5. The fourth-order valence-electron chi connectivity index (χ4n) is 3.12. The summed E-state index contributed by atoms with van der Waals surface area (Å²) in [6, 6.07) is 12.8. The molecule has 3 rings (SSSR count). The number of nitrogens with zero attached hydrogens (tertiary/aromatic N) is 3. The van der Waals surface area contributed by atoms with Crippen LogP contribution in [0, 0.1) is 17.8 Å². The van der Waals surface area contributed by atoms with Gasteiger partial charge in [-0.15, -0.1) is 0 Å². The van der Waals surface area contributed by atoms with Crippen LogP contribution in [-0.4, -0.2) is 43.6 Å². The van der Waals surface area contributed by atoms with Gasteiger partial charge in [0.2, 0.25) is 5.88 Å². The molecule has 1 aromatic carbocycles. The fraction of sp³-hybridized carbons (Fsp3) is 0.333. The zero-order chi connectivity index (χ0) is 20.9. The Bertz CT molecular complexity index is 1030. The average molecular weight is 501 g/mol. The number of hydrogen-bond acceptors (Lipinski definition) is 6. The third-order valence-corrected chi connectivity index (χ3v) is 5.33. The van der Waals surface area contributed by atoms with Gasteiger partial charge in [0, 0.05) is 39.0 Å². The summed E-state index contributed by atoms with van der Waals surface area (Å²) in [6.45, 7) is 1.30. The van der Waals surface area contributed by atoms with Crippen LogP contribution < -0.4 is 4.74 Å². The molecule has 0 aliphatic carbocycles. The maximum Gasteiger partial charge on any atom is 0.255 e. The van der Waals surface area contributed by atoms with Crippen LogP contribution in [0.2, 0.25) is 0 Å². The van der Waals surface area contributed by atoms with Gasteiger partial charge >= 0.3 is 0 Å². The molecule has 0 unspecified atom stereocenters. The molecule has 1 saturated heterocycles. The second kappa shape index (κ2) is 11.0. The zero-order valence-corrected chi connectivity index (χ0v) is 20.4. The van der Waals surface area contributed by atoms with Gasteiger partial charge in [0.25, 0.3) is 5.91 Å². The van der Waals surface area contributed by atoms with E-state index in [9.17, 15) is 18.5 Å². The van der Waals surface area contributed by atoms with Crippen molar-refractivity contribution in [2.75, 3.05) is 19.3 Å². The van der Waals surface area contributed by atoms with Crippen molar-refractivity contribution in [3.8, 4) is 11.9 Å². The number of carbonyl (C=O) groups is 1. The standard InChI is InChI=1S/C21H22N3O4S.Y/c1-29(26,27)15-19-18(21(25)24-10-6-3-7-11-24)12-17(13-22)20(23-19)28-14-16-8-4-2-5-9-16;/h2-5,8-9,12H,6-7,10-11,14-15H2,1H3;/q-1;. The Balaban J connectivity index is 0.00000320. The molecule has 9 heteroatoms. The van der Waals surface area contributed by atoms with Crippen LogP contribution in [0.5, 0.6) is 5.88 Å². The number of benzene rings is 1. The van der Waals surface area contributed by atoms with E-state index in [1.165, 1.54) is 6.07 Å². The van der Waals surface area contributed by atoms with E-state index in [1.807, 2.05) is 36.4 Å². The first-order valence-electron chi connectivity index (χ1n) is 9.27. The third kappa shape index (κ3) is 6.59. The molecular formula is C21H22N3O4SY-. The Morgan fingerprint density at radius 1 is 1.27 bits per heavy atom. The number of rotatable bonds is 6. The van der Waals surface area contributed by atoms with Crippen molar-refractivity contribution in [2.24, 2.45) is 0 Å². The molecule has 2 heterocycles. The molecule has 1 aliphatic rings. The predicted molar refractivity (Wildman–Crippen MR) is 108 cm³/mol. The Kier molecular flexibility index (Phi) is 8.96. The number of piperidine rings is 1. The predicted octanol–water partition coefficient (Wildman–Crippen LogP) is 2.51. The number of aromatic nitrogens is 1. The molecule has 2 aromatic rings. The van der Waals surface area contributed by atoms with Gasteiger partial charge in [0.15, 0.2) is 9.84 Å². The van der Waals surface area contributed by atoms with Gasteiger partial charge in [-0.3, -0.25) is 4.79 Å². The molecule has 1 radical (unpaired) electrons. The zero-order valence-electron chi connectivity index (χ0n) is 16.7. The minimum absolute atomic E-state index is 0. The molecular weight excluding hydrogens is 479 g/mol. The van der Waals surface area contributed by atoms with Gasteiger partial charge in [-0.05, 0) is 24.7 Å². The summed E-state index contributed by atoms with van der Waals surface area (Å²) in [5.74, 6) is -0.685. The van der Waals surface area contributed by atoms with Gasteiger partial charge < -0.3 is 16.1 Å². The minimum atomic E-state index is -3.45. The monoisotopic (exact) mass is 501 g/mol. The van der Waals surface area contributed by atoms with E-state index >= 15 is 0 Å². The summed E-state index contributed by atoms with van der Waals surface area (Å²) in [5.41, 5.74) is 1.23. The van der Waals surface area contributed by atoms with E-state index in [0.29, 0.717) is 13.1 Å². The molecule has 155 valence electrons. The smallest absolute Gasteiger partial charge is 0.255 e. The SMILES string of the molecule is CS(=O)(=O)Cc1nc(OCc2ccccc2)c(C#N)cc1C(=O)N1CC[CH-]CC1.[Y]. The number of carbonyl (C=O) groups excluding carboxylic acids is 1. The molecule has 0 spiro atoms. The van der Waals surface area contributed by atoms with Gasteiger partial charge in [-0.1, -0.05) is 30.3 Å². The van der Waals surface area contributed by atoms with Crippen molar-refractivity contribution in [1.29, 1.82) is 5.26 Å². The van der Waals surface area contributed by atoms with Crippen molar-refractivity contribution in [3.63, 3.8) is 0 Å². The largest absolute Gasteiger partial charge is 0.472 e. The first-order chi connectivity index (χ1) is 13.9. The van der Waals surface area contributed by atoms with Crippen LogP contribution in [0.3, 0.4) is 0 Å². The van der Waals surface area contributed by atoms with Crippen molar-refractivity contribution >= 4 is 15.7 Å². The fourth-order valence-corrected chi connectivity index (χ4v) is 3.83. The summed E-state index contributed by atoms with van der Waals surface area (Å²) in [5, 5.41) is 9.54. The van der Waals surface area contributed by atoms with Crippen molar-refractivity contribution in [1.82, 2.24) is 9.88 Å². The average Bonchev–Trinajstić information content (AvgIpc) is 2.72. The Morgan fingerprint density at radius 3 is 2.53 bits per heavy atom. The van der Waals surface area contributed by atoms with E-state index in [0.717, 1.165) is 24.7 Å². The first kappa shape index (κ1) is 24.5. The molecule has 30 heavy (non-hydrogen) atoms. The number of nitriles is 1. The Labute approximate surface area is 202 Å². The number of pyridine rings is 1. The van der Waals surface area contributed by atoms with Crippen LogP contribution in [0.15, 0.2) is 36.4 Å². The molecule has 1 fully saturated rings.